The summed E-state index contributed by atoms with van der Waals surface area (Å²) in [6.07, 6.45) is 0. The van der Waals surface area contributed by atoms with Crippen molar-refractivity contribution in [2.75, 3.05) is 14.2 Å². The summed E-state index contributed by atoms with van der Waals surface area (Å²) < 4.78 is 25.3. The summed E-state index contributed by atoms with van der Waals surface area (Å²) in [7, 11) is -1.43. The summed E-state index contributed by atoms with van der Waals surface area (Å²) in [6.45, 7) is 0. The van der Waals surface area contributed by atoms with Gasteiger partial charge < -0.3 is 14.7 Å². The first-order valence-corrected chi connectivity index (χ1v) is 5.40. The van der Waals surface area contributed by atoms with Crippen LogP contribution < -0.4 is 4.52 Å². The highest BCUT2D eigenvalue weighted by Crippen LogP contribution is 2.50. The van der Waals surface area contributed by atoms with Crippen molar-refractivity contribution in [1.82, 2.24) is 0 Å². The molecule has 1 rings (SSSR count). The minimum atomic E-state index is -3.72. The Morgan fingerprint density at radius 1 is 1.20 bits per heavy atom. The van der Waals surface area contributed by atoms with Crippen LogP contribution in [-0.4, -0.2) is 24.4 Å². The second-order valence-electron chi connectivity index (χ2n) is 2.56. The zero-order valence-electron chi connectivity index (χ0n) is 8.21. The van der Waals surface area contributed by atoms with Gasteiger partial charge in [-0.25, -0.2) is 4.57 Å². The number of hydrogen-bond donors (Lipinski definition) is 2. The molecule has 0 heterocycles. The maximum absolute atomic E-state index is 11.5. The molecule has 0 aliphatic heterocycles. The largest absolute Gasteiger partial charge is 0.529 e. The molecule has 1 aromatic carbocycles. The molecule has 0 fully saturated rings. The molecule has 0 saturated carbocycles. The lowest BCUT2D eigenvalue weighted by Crippen LogP contribution is -1.97. The minimum absolute atomic E-state index is 0.137. The fourth-order valence-corrected chi connectivity index (χ4v) is 1.53. The average molecular weight is 234 g/mol. The summed E-state index contributed by atoms with van der Waals surface area (Å²) in [6, 6.07) is 3.55. The van der Waals surface area contributed by atoms with Crippen LogP contribution in [0.5, 0.6) is 17.2 Å². The van der Waals surface area contributed by atoms with Crippen molar-refractivity contribution in [2.45, 2.75) is 0 Å². The number of aromatic hydroxyl groups is 2. The highest BCUT2D eigenvalue weighted by Gasteiger charge is 2.26. The molecule has 7 heteroatoms. The minimum Gasteiger partial charge on any atom is -0.508 e. The van der Waals surface area contributed by atoms with Crippen molar-refractivity contribution >= 4 is 7.82 Å². The van der Waals surface area contributed by atoms with Gasteiger partial charge in [0.05, 0.1) is 0 Å². The van der Waals surface area contributed by atoms with E-state index in [1.54, 1.807) is 0 Å². The highest BCUT2D eigenvalue weighted by molar-refractivity contribution is 7.48. The van der Waals surface area contributed by atoms with Crippen molar-refractivity contribution < 1.29 is 28.3 Å². The van der Waals surface area contributed by atoms with Crippen LogP contribution in [0.15, 0.2) is 18.2 Å². The van der Waals surface area contributed by atoms with Gasteiger partial charge in [-0.2, -0.15) is 0 Å². The molecule has 2 N–H and O–H groups in total. The van der Waals surface area contributed by atoms with Crippen LogP contribution in [0.1, 0.15) is 0 Å². The van der Waals surface area contributed by atoms with Crippen molar-refractivity contribution in [3.8, 4) is 17.2 Å². The van der Waals surface area contributed by atoms with Crippen molar-refractivity contribution in [3.63, 3.8) is 0 Å². The van der Waals surface area contributed by atoms with Gasteiger partial charge >= 0.3 is 7.82 Å². The highest BCUT2D eigenvalue weighted by atomic mass is 31.2. The Morgan fingerprint density at radius 2 is 1.80 bits per heavy atom. The van der Waals surface area contributed by atoms with E-state index < -0.39 is 7.82 Å². The third-order valence-electron chi connectivity index (χ3n) is 1.60. The van der Waals surface area contributed by atoms with E-state index in [0.29, 0.717) is 0 Å². The number of rotatable bonds is 4. The van der Waals surface area contributed by atoms with Gasteiger partial charge in [-0.3, -0.25) is 9.05 Å². The predicted molar refractivity (Wildman–Crippen MR) is 52.0 cm³/mol. The van der Waals surface area contributed by atoms with Crippen LogP contribution in [0, 0.1) is 0 Å². The van der Waals surface area contributed by atoms with E-state index in [-0.39, 0.29) is 17.2 Å². The number of hydrogen-bond acceptors (Lipinski definition) is 6. The van der Waals surface area contributed by atoms with Crippen LogP contribution in [0.25, 0.3) is 0 Å². The lowest BCUT2D eigenvalue weighted by atomic mass is 10.3. The van der Waals surface area contributed by atoms with Gasteiger partial charge in [-0.05, 0) is 12.1 Å². The number of benzene rings is 1. The van der Waals surface area contributed by atoms with E-state index in [2.05, 4.69) is 9.05 Å². The lowest BCUT2D eigenvalue weighted by molar-refractivity contribution is 0.208. The molecule has 0 spiro atoms. The predicted octanol–water partition coefficient (Wildman–Crippen LogP) is 1.88. The number of phenols is 2. The summed E-state index contributed by atoms with van der Waals surface area (Å²) in [4.78, 5) is 0. The molecule has 6 nitrogen and oxygen atoms in total. The monoisotopic (exact) mass is 234 g/mol. The van der Waals surface area contributed by atoms with Crippen LogP contribution in [-0.2, 0) is 13.6 Å². The van der Waals surface area contributed by atoms with Crippen LogP contribution >= 0.6 is 7.82 Å². The first-order chi connectivity index (χ1) is 7.00. The molecule has 15 heavy (non-hydrogen) atoms. The fraction of sp³-hybridized carbons (Fsp3) is 0.250. The third kappa shape index (κ3) is 2.86. The average Bonchev–Trinajstić information content (AvgIpc) is 2.23. The topological polar surface area (TPSA) is 85.2 Å². The van der Waals surface area contributed by atoms with Crippen LogP contribution in [0.2, 0.25) is 0 Å². The molecule has 0 amide bonds. The van der Waals surface area contributed by atoms with Gasteiger partial charge in [0.2, 0.25) is 0 Å². The van der Waals surface area contributed by atoms with Crippen molar-refractivity contribution in [3.05, 3.63) is 18.2 Å². The molecule has 0 bridgehead atoms. The maximum atomic E-state index is 11.5. The molecule has 84 valence electrons. The summed E-state index contributed by atoms with van der Waals surface area (Å²) >= 11 is 0. The Hall–Kier alpha value is -1.23. The molecule has 0 aliphatic rings. The van der Waals surface area contributed by atoms with E-state index in [0.717, 1.165) is 20.3 Å². The third-order valence-corrected chi connectivity index (χ3v) is 2.92. The van der Waals surface area contributed by atoms with E-state index in [4.69, 9.17) is 9.63 Å². The molecular formula is C8H11O6P. The standard InChI is InChI=1S/C8H11O6P/c1-12-15(11,13-2)14-8-5-6(9)3-4-7(8)10/h3-5,9-10H,1-2H3. The Bertz CT molecular complexity index is 383. The Labute approximate surface area is 86.6 Å². The zero-order chi connectivity index (χ0) is 11.5. The zero-order valence-corrected chi connectivity index (χ0v) is 9.10. The van der Waals surface area contributed by atoms with Crippen LogP contribution in [0.3, 0.4) is 0 Å². The number of phosphoric acid groups is 1. The van der Waals surface area contributed by atoms with Gasteiger partial charge in [0.25, 0.3) is 0 Å². The van der Waals surface area contributed by atoms with Gasteiger partial charge in [0.1, 0.15) is 5.75 Å². The molecule has 0 unspecified atom stereocenters. The summed E-state index contributed by atoms with van der Waals surface area (Å²) in [5, 5.41) is 18.4. The van der Waals surface area contributed by atoms with Gasteiger partial charge in [0.15, 0.2) is 11.5 Å². The van der Waals surface area contributed by atoms with Gasteiger partial charge in [0, 0.05) is 20.3 Å². The van der Waals surface area contributed by atoms with Crippen molar-refractivity contribution in [2.24, 2.45) is 0 Å². The maximum Gasteiger partial charge on any atom is 0.529 e. The molecule has 0 atom stereocenters. The van der Waals surface area contributed by atoms with E-state index >= 15 is 0 Å². The molecule has 0 aliphatic carbocycles. The SMILES string of the molecule is COP(=O)(OC)Oc1cc(O)ccc1O. The number of phenolic OH excluding ortho intramolecular Hbond substituents is 2. The summed E-state index contributed by atoms with van der Waals surface area (Å²) in [5.74, 6) is -0.592. The number of phosphoric ester groups is 1. The van der Waals surface area contributed by atoms with Gasteiger partial charge in [-0.1, -0.05) is 0 Å². The van der Waals surface area contributed by atoms with E-state index in [1.807, 2.05) is 0 Å². The fourth-order valence-electron chi connectivity index (χ4n) is 0.845. The Kier molecular flexibility index (Phi) is 3.57. The quantitative estimate of drug-likeness (QED) is 0.611. The molecule has 1 aromatic rings. The smallest absolute Gasteiger partial charge is 0.508 e. The first kappa shape index (κ1) is 11.8. The van der Waals surface area contributed by atoms with Gasteiger partial charge in [-0.15, -0.1) is 0 Å². The molecular weight excluding hydrogens is 223 g/mol. The van der Waals surface area contributed by atoms with E-state index in [1.165, 1.54) is 12.1 Å². The molecule has 0 saturated heterocycles. The lowest BCUT2D eigenvalue weighted by Gasteiger charge is -2.14. The second kappa shape index (κ2) is 4.53. The normalized spacial score (nSPS) is 11.3. The van der Waals surface area contributed by atoms with E-state index in [9.17, 15) is 9.67 Å². The molecule has 0 aromatic heterocycles. The van der Waals surface area contributed by atoms with Crippen molar-refractivity contribution in [1.29, 1.82) is 0 Å². The Morgan fingerprint density at radius 3 is 2.33 bits per heavy atom. The summed E-state index contributed by atoms with van der Waals surface area (Å²) in [5.41, 5.74) is 0. The first-order valence-electron chi connectivity index (χ1n) is 3.94. The Balaban J connectivity index is 2.98. The molecule has 0 radical (unpaired) electrons. The van der Waals surface area contributed by atoms with Crippen LogP contribution in [0.4, 0.5) is 0 Å². The second-order valence-corrected chi connectivity index (χ2v) is 4.36.